The van der Waals surface area contributed by atoms with Gasteiger partial charge in [-0.05, 0) is 43.7 Å². The van der Waals surface area contributed by atoms with Crippen LogP contribution in [0.1, 0.15) is 42.6 Å². The van der Waals surface area contributed by atoms with Gasteiger partial charge in [-0.3, -0.25) is 4.79 Å². The van der Waals surface area contributed by atoms with Crippen molar-refractivity contribution < 1.29 is 4.79 Å². The highest BCUT2D eigenvalue weighted by Gasteiger charge is 2.27. The van der Waals surface area contributed by atoms with E-state index >= 15 is 0 Å². The molecule has 1 amide bonds. The van der Waals surface area contributed by atoms with Crippen LogP contribution >= 0.6 is 12.4 Å². The lowest BCUT2D eigenvalue weighted by Crippen LogP contribution is -2.45. The molecule has 112 valence electrons. The van der Waals surface area contributed by atoms with E-state index in [0.717, 1.165) is 43.5 Å². The van der Waals surface area contributed by atoms with E-state index in [4.69, 9.17) is 5.73 Å². The summed E-state index contributed by atoms with van der Waals surface area (Å²) in [5.41, 5.74) is 7.98. The molecule has 2 unspecified atom stereocenters. The molecule has 1 heterocycles. The average molecular weight is 297 g/mol. The number of likely N-dealkylation sites (tertiary alicyclic amines) is 1. The van der Waals surface area contributed by atoms with Gasteiger partial charge in [0.05, 0.1) is 0 Å². The smallest absolute Gasteiger partial charge is 0.254 e. The van der Waals surface area contributed by atoms with Crippen molar-refractivity contribution in [3.05, 3.63) is 35.4 Å². The maximum absolute atomic E-state index is 12.6. The average Bonchev–Trinajstić information content (AvgIpc) is 2.46. The van der Waals surface area contributed by atoms with Crippen LogP contribution in [-0.4, -0.2) is 29.9 Å². The first-order valence-corrected chi connectivity index (χ1v) is 7.26. The summed E-state index contributed by atoms with van der Waals surface area (Å²) in [7, 11) is 0. The fourth-order valence-electron chi connectivity index (χ4n) is 2.83. The van der Waals surface area contributed by atoms with Crippen LogP contribution in [0, 0.1) is 5.92 Å². The molecule has 0 spiro atoms. The van der Waals surface area contributed by atoms with Crippen molar-refractivity contribution in [2.75, 3.05) is 13.1 Å². The molecule has 2 rings (SSSR count). The molecule has 0 aliphatic carbocycles. The van der Waals surface area contributed by atoms with Crippen LogP contribution in [0.5, 0.6) is 0 Å². The zero-order valence-electron chi connectivity index (χ0n) is 12.3. The highest BCUT2D eigenvalue weighted by molar-refractivity contribution is 5.95. The molecule has 2 N–H and O–H groups in total. The van der Waals surface area contributed by atoms with Gasteiger partial charge in [0.15, 0.2) is 0 Å². The molecule has 1 saturated heterocycles. The molecule has 1 aliphatic heterocycles. The lowest BCUT2D eigenvalue weighted by Gasteiger charge is -2.35. The Morgan fingerprint density at radius 3 is 2.80 bits per heavy atom. The molecule has 3 nitrogen and oxygen atoms in total. The predicted octanol–water partition coefficient (Wildman–Crippen LogP) is 2.87. The third-order valence-corrected chi connectivity index (χ3v) is 4.12. The second-order valence-corrected chi connectivity index (χ2v) is 5.52. The van der Waals surface area contributed by atoms with E-state index in [1.54, 1.807) is 0 Å². The van der Waals surface area contributed by atoms with Crippen LogP contribution in [0.2, 0.25) is 0 Å². The standard InChI is InChI=1S/C16H24N2O.ClH/c1-3-13-7-4-5-9-15(13)16(19)18-10-6-8-14(11-18)12(2)17;/h4-5,7,9,12,14H,3,6,8,10-11,17H2,1-2H3;1H. The molecule has 0 saturated carbocycles. The number of halogens is 1. The van der Waals surface area contributed by atoms with Crippen molar-refractivity contribution in [2.45, 2.75) is 39.2 Å². The van der Waals surface area contributed by atoms with Gasteiger partial charge in [-0.25, -0.2) is 0 Å². The maximum atomic E-state index is 12.6. The van der Waals surface area contributed by atoms with E-state index in [1.165, 1.54) is 0 Å². The monoisotopic (exact) mass is 296 g/mol. The van der Waals surface area contributed by atoms with Crippen molar-refractivity contribution in [1.29, 1.82) is 0 Å². The zero-order chi connectivity index (χ0) is 13.8. The van der Waals surface area contributed by atoms with Crippen molar-refractivity contribution in [1.82, 2.24) is 4.90 Å². The number of nitrogens with two attached hydrogens (primary N) is 1. The molecule has 1 fully saturated rings. The number of hydrogen-bond acceptors (Lipinski definition) is 2. The number of hydrogen-bond donors (Lipinski definition) is 1. The predicted molar refractivity (Wildman–Crippen MR) is 85.3 cm³/mol. The molecule has 1 aliphatic rings. The summed E-state index contributed by atoms with van der Waals surface area (Å²) in [5.74, 6) is 0.606. The van der Waals surface area contributed by atoms with E-state index in [1.807, 2.05) is 36.1 Å². The molecule has 0 radical (unpaired) electrons. The van der Waals surface area contributed by atoms with Crippen molar-refractivity contribution in [3.63, 3.8) is 0 Å². The molecular formula is C16H25ClN2O. The summed E-state index contributed by atoms with van der Waals surface area (Å²) >= 11 is 0. The highest BCUT2D eigenvalue weighted by Crippen LogP contribution is 2.21. The van der Waals surface area contributed by atoms with E-state index in [0.29, 0.717) is 5.92 Å². The van der Waals surface area contributed by atoms with Crippen LogP contribution in [-0.2, 0) is 6.42 Å². The minimum Gasteiger partial charge on any atom is -0.338 e. The van der Waals surface area contributed by atoms with Gasteiger partial charge in [0, 0.05) is 24.7 Å². The van der Waals surface area contributed by atoms with Gasteiger partial charge in [-0.2, -0.15) is 0 Å². The van der Waals surface area contributed by atoms with E-state index < -0.39 is 0 Å². The SMILES string of the molecule is CCc1ccccc1C(=O)N1CCCC(C(C)N)C1.Cl. The largest absolute Gasteiger partial charge is 0.338 e. The van der Waals surface area contributed by atoms with Gasteiger partial charge in [-0.15, -0.1) is 12.4 Å². The fraction of sp³-hybridized carbons (Fsp3) is 0.562. The first-order valence-electron chi connectivity index (χ1n) is 7.26. The Bertz CT molecular complexity index is 448. The Hall–Kier alpha value is -1.06. The summed E-state index contributed by atoms with van der Waals surface area (Å²) < 4.78 is 0. The third kappa shape index (κ3) is 3.74. The Kier molecular flexibility index (Phi) is 6.50. The van der Waals surface area contributed by atoms with E-state index in [9.17, 15) is 4.79 Å². The first-order chi connectivity index (χ1) is 9.13. The Morgan fingerprint density at radius 2 is 2.15 bits per heavy atom. The van der Waals surface area contributed by atoms with Crippen LogP contribution in [0.3, 0.4) is 0 Å². The van der Waals surface area contributed by atoms with E-state index in [2.05, 4.69) is 6.92 Å². The third-order valence-electron chi connectivity index (χ3n) is 4.12. The lowest BCUT2D eigenvalue weighted by molar-refractivity contribution is 0.0660. The molecular weight excluding hydrogens is 272 g/mol. The van der Waals surface area contributed by atoms with Gasteiger partial charge in [0.2, 0.25) is 0 Å². The number of amides is 1. The normalized spacial score (nSPS) is 20.1. The topological polar surface area (TPSA) is 46.3 Å². The van der Waals surface area contributed by atoms with Gasteiger partial charge in [0.25, 0.3) is 5.91 Å². The van der Waals surface area contributed by atoms with Gasteiger partial charge in [-0.1, -0.05) is 25.1 Å². The van der Waals surface area contributed by atoms with Crippen LogP contribution in [0.15, 0.2) is 24.3 Å². The number of carbonyl (C=O) groups excluding carboxylic acids is 1. The lowest BCUT2D eigenvalue weighted by atomic mass is 9.91. The highest BCUT2D eigenvalue weighted by atomic mass is 35.5. The summed E-state index contributed by atoms with van der Waals surface area (Å²) in [4.78, 5) is 14.6. The second-order valence-electron chi connectivity index (χ2n) is 5.52. The van der Waals surface area contributed by atoms with Crippen molar-refractivity contribution in [3.8, 4) is 0 Å². The Morgan fingerprint density at radius 1 is 1.45 bits per heavy atom. The molecule has 1 aromatic rings. The minimum atomic E-state index is 0. The summed E-state index contributed by atoms with van der Waals surface area (Å²) in [6.07, 6.45) is 3.09. The number of piperidine rings is 1. The maximum Gasteiger partial charge on any atom is 0.254 e. The quantitative estimate of drug-likeness (QED) is 0.932. The van der Waals surface area contributed by atoms with Crippen LogP contribution in [0.4, 0.5) is 0 Å². The van der Waals surface area contributed by atoms with Gasteiger partial charge >= 0.3 is 0 Å². The van der Waals surface area contributed by atoms with Gasteiger partial charge < -0.3 is 10.6 Å². The number of aryl methyl sites for hydroxylation is 1. The Labute approximate surface area is 127 Å². The second kappa shape index (κ2) is 7.65. The molecule has 1 aromatic carbocycles. The van der Waals surface area contributed by atoms with E-state index in [-0.39, 0.29) is 24.4 Å². The van der Waals surface area contributed by atoms with Gasteiger partial charge in [0.1, 0.15) is 0 Å². The van der Waals surface area contributed by atoms with Crippen molar-refractivity contribution in [2.24, 2.45) is 11.7 Å². The zero-order valence-corrected chi connectivity index (χ0v) is 13.2. The number of nitrogens with zero attached hydrogens (tertiary/aromatic N) is 1. The minimum absolute atomic E-state index is 0. The fourth-order valence-corrected chi connectivity index (χ4v) is 2.83. The summed E-state index contributed by atoms with van der Waals surface area (Å²) in [6, 6.07) is 8.09. The van der Waals surface area contributed by atoms with Crippen molar-refractivity contribution >= 4 is 18.3 Å². The molecule has 0 bridgehead atoms. The molecule has 4 heteroatoms. The Balaban J connectivity index is 0.00000200. The summed E-state index contributed by atoms with van der Waals surface area (Å²) in [6.45, 7) is 5.79. The molecule has 0 aromatic heterocycles. The number of rotatable bonds is 3. The van der Waals surface area contributed by atoms with Crippen LogP contribution in [0.25, 0.3) is 0 Å². The summed E-state index contributed by atoms with van der Waals surface area (Å²) in [5, 5.41) is 0. The first kappa shape index (κ1) is 17.0. The molecule has 20 heavy (non-hydrogen) atoms. The number of carbonyl (C=O) groups is 1. The molecule has 2 atom stereocenters. The number of benzene rings is 1. The van der Waals surface area contributed by atoms with Crippen LogP contribution < -0.4 is 5.73 Å².